The van der Waals surface area contributed by atoms with Crippen molar-refractivity contribution in [2.45, 2.75) is 73.0 Å². The minimum absolute atomic E-state index is 0.137. The number of hydrogen-bond donors (Lipinski definition) is 0. The Hall–Kier alpha value is -1.13. The van der Waals surface area contributed by atoms with Crippen LogP contribution in [0.4, 0.5) is 0 Å². The van der Waals surface area contributed by atoms with Crippen LogP contribution >= 0.6 is 0 Å². The lowest BCUT2D eigenvalue weighted by molar-refractivity contribution is -0.107. The molecule has 1 rings (SSSR count). The van der Waals surface area contributed by atoms with Crippen LogP contribution in [-0.4, -0.2) is 25.3 Å². The summed E-state index contributed by atoms with van der Waals surface area (Å²) in [6, 6.07) is 0. The zero-order valence-electron chi connectivity index (χ0n) is 14.7. The van der Waals surface area contributed by atoms with Crippen molar-refractivity contribution < 1.29 is 18.7 Å². The molecule has 0 spiro atoms. The van der Waals surface area contributed by atoms with Crippen LogP contribution in [0.15, 0.2) is 4.42 Å². The van der Waals surface area contributed by atoms with Gasteiger partial charge in [-0.05, 0) is 34.1 Å². The molecular formula is C18H30O4. The van der Waals surface area contributed by atoms with Gasteiger partial charge in [-0.2, -0.15) is 0 Å². The summed E-state index contributed by atoms with van der Waals surface area (Å²) in [7, 11) is 0. The van der Waals surface area contributed by atoms with E-state index < -0.39 is 6.29 Å². The van der Waals surface area contributed by atoms with Crippen molar-refractivity contribution in [2.75, 3.05) is 13.2 Å². The van der Waals surface area contributed by atoms with Crippen LogP contribution in [0.25, 0.3) is 0 Å². The summed E-state index contributed by atoms with van der Waals surface area (Å²) in [5, 5.41) is 0. The van der Waals surface area contributed by atoms with Crippen molar-refractivity contribution in [1.29, 1.82) is 0 Å². The maximum absolute atomic E-state index is 12.6. The van der Waals surface area contributed by atoms with Crippen LogP contribution in [0.2, 0.25) is 0 Å². The minimum atomic E-state index is -0.835. The fourth-order valence-electron chi connectivity index (χ4n) is 2.65. The highest BCUT2D eigenvalue weighted by Gasteiger charge is 2.27. The second-order valence-electron chi connectivity index (χ2n) is 5.50. The van der Waals surface area contributed by atoms with E-state index in [1.165, 1.54) is 19.3 Å². The molecule has 0 aliphatic heterocycles. The number of ketones is 1. The molecule has 1 aromatic rings. The molecule has 4 nitrogen and oxygen atoms in total. The van der Waals surface area contributed by atoms with Crippen molar-refractivity contribution in [2.24, 2.45) is 0 Å². The largest absolute Gasteiger partial charge is 0.465 e. The molecule has 0 bridgehead atoms. The highest BCUT2D eigenvalue weighted by molar-refractivity contribution is 6.01. The van der Waals surface area contributed by atoms with Crippen molar-refractivity contribution in [3.8, 4) is 0 Å². The molecule has 1 aromatic heterocycles. The van der Waals surface area contributed by atoms with Crippen molar-refractivity contribution in [3.05, 3.63) is 22.6 Å². The molecule has 0 unspecified atom stereocenters. The van der Waals surface area contributed by atoms with Gasteiger partial charge in [0.05, 0.1) is 5.56 Å². The molecular weight excluding hydrogens is 280 g/mol. The van der Waals surface area contributed by atoms with Gasteiger partial charge in [0.1, 0.15) is 11.5 Å². The monoisotopic (exact) mass is 310 g/mol. The fraction of sp³-hybridized carbons (Fsp3) is 0.722. The van der Waals surface area contributed by atoms with E-state index >= 15 is 0 Å². The molecule has 0 saturated carbocycles. The van der Waals surface area contributed by atoms with Gasteiger partial charge >= 0.3 is 0 Å². The molecule has 0 aromatic carbocycles. The second-order valence-corrected chi connectivity index (χ2v) is 5.50. The smallest absolute Gasteiger partial charge is 0.222 e. The van der Waals surface area contributed by atoms with Crippen molar-refractivity contribution in [1.82, 2.24) is 0 Å². The lowest BCUT2D eigenvalue weighted by Gasteiger charge is -2.15. The zero-order chi connectivity index (χ0) is 16.5. The molecule has 126 valence electrons. The van der Waals surface area contributed by atoms with Gasteiger partial charge in [-0.3, -0.25) is 4.79 Å². The number of hydrogen-bond acceptors (Lipinski definition) is 4. The van der Waals surface area contributed by atoms with E-state index in [4.69, 9.17) is 13.9 Å². The van der Waals surface area contributed by atoms with Crippen LogP contribution in [0, 0.1) is 13.8 Å². The van der Waals surface area contributed by atoms with Gasteiger partial charge < -0.3 is 13.9 Å². The predicted octanol–water partition coefficient (Wildman–Crippen LogP) is 4.60. The highest BCUT2D eigenvalue weighted by atomic mass is 16.7. The maximum Gasteiger partial charge on any atom is 0.222 e. The van der Waals surface area contributed by atoms with E-state index in [9.17, 15) is 4.79 Å². The SMILES string of the molecule is CCCCCCc1oc(C)c(C(=O)C(OCC)OCC)c1C. The van der Waals surface area contributed by atoms with Crippen LogP contribution in [0.5, 0.6) is 0 Å². The molecule has 0 radical (unpaired) electrons. The molecule has 0 amide bonds. The van der Waals surface area contributed by atoms with Crippen LogP contribution in [-0.2, 0) is 15.9 Å². The summed E-state index contributed by atoms with van der Waals surface area (Å²) < 4.78 is 16.7. The average Bonchev–Trinajstić information content (AvgIpc) is 2.77. The van der Waals surface area contributed by atoms with E-state index in [1.807, 2.05) is 27.7 Å². The Kier molecular flexibility index (Phi) is 8.43. The van der Waals surface area contributed by atoms with E-state index in [0.717, 1.165) is 24.2 Å². The second kappa shape index (κ2) is 9.80. The summed E-state index contributed by atoms with van der Waals surface area (Å²) in [5.74, 6) is 1.45. The van der Waals surface area contributed by atoms with Crippen LogP contribution in [0.1, 0.15) is 73.9 Å². The van der Waals surface area contributed by atoms with Gasteiger partial charge in [-0.25, -0.2) is 0 Å². The Bertz CT molecular complexity index is 456. The first kappa shape index (κ1) is 18.9. The van der Waals surface area contributed by atoms with E-state index in [0.29, 0.717) is 24.5 Å². The van der Waals surface area contributed by atoms with Crippen molar-refractivity contribution in [3.63, 3.8) is 0 Å². The standard InChI is InChI=1S/C18H30O4/c1-6-9-10-11-12-15-13(4)16(14(5)22-15)17(19)18(20-7-2)21-8-3/h18H,6-12H2,1-5H3. The van der Waals surface area contributed by atoms with Crippen molar-refractivity contribution >= 4 is 5.78 Å². The van der Waals surface area contributed by atoms with Gasteiger partial charge in [0.15, 0.2) is 0 Å². The number of rotatable bonds is 11. The topological polar surface area (TPSA) is 48.7 Å². The minimum Gasteiger partial charge on any atom is -0.465 e. The number of ether oxygens (including phenoxy) is 2. The normalized spacial score (nSPS) is 11.4. The number of carbonyl (C=O) groups excluding carboxylic acids is 1. The molecule has 0 atom stereocenters. The van der Waals surface area contributed by atoms with Gasteiger partial charge in [-0.15, -0.1) is 0 Å². The van der Waals surface area contributed by atoms with Gasteiger partial charge in [0.25, 0.3) is 0 Å². The molecule has 0 aliphatic carbocycles. The Morgan fingerprint density at radius 2 is 1.68 bits per heavy atom. The number of aryl methyl sites for hydroxylation is 2. The van der Waals surface area contributed by atoms with E-state index in [-0.39, 0.29) is 5.78 Å². The maximum atomic E-state index is 12.6. The number of furan rings is 1. The van der Waals surface area contributed by atoms with Crippen LogP contribution in [0.3, 0.4) is 0 Å². The van der Waals surface area contributed by atoms with Gasteiger partial charge in [-0.1, -0.05) is 26.2 Å². The quantitative estimate of drug-likeness (QED) is 0.340. The summed E-state index contributed by atoms with van der Waals surface area (Å²) in [5.41, 5.74) is 1.56. The third kappa shape index (κ3) is 4.96. The first-order chi connectivity index (χ1) is 10.6. The summed E-state index contributed by atoms with van der Waals surface area (Å²) in [6.07, 6.45) is 4.78. The third-order valence-electron chi connectivity index (χ3n) is 3.78. The van der Waals surface area contributed by atoms with E-state index in [2.05, 4.69) is 6.92 Å². The Morgan fingerprint density at radius 1 is 1.05 bits per heavy atom. The summed E-state index contributed by atoms with van der Waals surface area (Å²) in [4.78, 5) is 12.6. The first-order valence-corrected chi connectivity index (χ1v) is 8.42. The van der Waals surface area contributed by atoms with Crippen LogP contribution < -0.4 is 0 Å². The Morgan fingerprint density at radius 3 is 2.23 bits per heavy atom. The Balaban J connectivity index is 2.85. The average molecular weight is 310 g/mol. The van der Waals surface area contributed by atoms with Gasteiger partial charge in [0.2, 0.25) is 12.1 Å². The fourth-order valence-corrected chi connectivity index (χ4v) is 2.65. The predicted molar refractivity (Wildman–Crippen MR) is 87.4 cm³/mol. The molecule has 0 aliphatic rings. The number of Topliss-reactive ketones (excluding diaryl/α,β-unsaturated/α-hetero) is 1. The summed E-state index contributed by atoms with van der Waals surface area (Å²) >= 11 is 0. The molecule has 1 heterocycles. The van der Waals surface area contributed by atoms with E-state index in [1.54, 1.807) is 0 Å². The third-order valence-corrected chi connectivity index (χ3v) is 3.78. The molecule has 4 heteroatoms. The lowest BCUT2D eigenvalue weighted by Crippen LogP contribution is -2.28. The zero-order valence-corrected chi connectivity index (χ0v) is 14.7. The van der Waals surface area contributed by atoms with Gasteiger partial charge in [0, 0.05) is 25.2 Å². The number of carbonyl (C=O) groups is 1. The molecule has 0 fully saturated rings. The highest BCUT2D eigenvalue weighted by Crippen LogP contribution is 2.25. The molecule has 0 N–H and O–H groups in total. The molecule has 22 heavy (non-hydrogen) atoms. The molecule has 0 saturated heterocycles. The lowest BCUT2D eigenvalue weighted by atomic mass is 10.0. The Labute approximate surface area is 134 Å². The first-order valence-electron chi connectivity index (χ1n) is 8.42. The summed E-state index contributed by atoms with van der Waals surface area (Å²) in [6.45, 7) is 10.6. The number of unbranched alkanes of at least 4 members (excludes halogenated alkanes) is 3.